The summed E-state index contributed by atoms with van der Waals surface area (Å²) in [6.45, 7) is 0. The van der Waals surface area contributed by atoms with E-state index in [1.54, 1.807) is 6.20 Å². The van der Waals surface area contributed by atoms with Crippen LogP contribution in [0.5, 0.6) is 5.75 Å². The summed E-state index contributed by atoms with van der Waals surface area (Å²) in [6.07, 6.45) is 1.77. The molecule has 0 unspecified atom stereocenters. The second-order valence-electron chi connectivity index (χ2n) is 2.41. The van der Waals surface area contributed by atoms with Crippen LogP contribution in [0.2, 0.25) is 0 Å². The van der Waals surface area contributed by atoms with E-state index >= 15 is 0 Å². The highest BCUT2D eigenvalue weighted by atomic mass is 127. The fraction of sp³-hybridized carbons (Fsp3) is 0. The maximum absolute atomic E-state index is 5.13. The van der Waals surface area contributed by atoms with Crippen LogP contribution in [0.3, 0.4) is 0 Å². The minimum atomic E-state index is 0.814. The van der Waals surface area contributed by atoms with Crippen molar-refractivity contribution in [2.24, 2.45) is 0 Å². The Hall–Kier alpha value is -0.840. The molecule has 0 N–H and O–H groups in total. The van der Waals surface area contributed by atoms with Gasteiger partial charge in [-0.05, 0) is 12.1 Å². The normalized spacial score (nSPS) is 10.1. The Morgan fingerprint density at radius 2 is 2.00 bits per heavy atom. The Morgan fingerprint density at radius 3 is 2.83 bits per heavy atom. The van der Waals surface area contributed by atoms with Gasteiger partial charge in [-0.15, -0.1) is 0 Å². The Balaban J connectivity index is 2.79. The predicted molar refractivity (Wildman–Crippen MR) is 56.4 cm³/mol. The van der Waals surface area contributed by atoms with Crippen molar-refractivity contribution >= 4 is 33.9 Å². The maximum Gasteiger partial charge on any atom is 0.192 e. The van der Waals surface area contributed by atoms with Gasteiger partial charge < -0.3 is 3.07 Å². The monoisotopic (exact) mass is 271 g/mol. The van der Waals surface area contributed by atoms with Crippen LogP contribution in [0, 0.1) is 0 Å². The van der Waals surface area contributed by atoms with Crippen molar-refractivity contribution in [2.45, 2.75) is 0 Å². The molecule has 1 aromatic heterocycles. The lowest BCUT2D eigenvalue weighted by molar-refractivity contribution is 0.723. The lowest BCUT2D eigenvalue weighted by atomic mass is 10.2. The van der Waals surface area contributed by atoms with Crippen LogP contribution in [0.4, 0.5) is 0 Å². The zero-order chi connectivity index (χ0) is 8.39. The number of benzene rings is 1. The number of fused-ring (bicyclic) bond motifs is 1. The second-order valence-corrected chi connectivity index (χ2v) is 2.85. The summed E-state index contributed by atoms with van der Waals surface area (Å²) in [5, 5.41) is 1.10. The molecule has 3 heteroatoms. The van der Waals surface area contributed by atoms with E-state index in [1.807, 2.05) is 53.3 Å². The SMILES string of the molecule is IOc1cccc2cccnc12. The molecule has 0 amide bonds. The van der Waals surface area contributed by atoms with Crippen molar-refractivity contribution in [2.75, 3.05) is 0 Å². The molecule has 2 nitrogen and oxygen atoms in total. The summed E-state index contributed by atoms with van der Waals surface area (Å²) in [6, 6.07) is 9.81. The molecule has 0 aliphatic rings. The van der Waals surface area contributed by atoms with Crippen LogP contribution in [0.25, 0.3) is 10.9 Å². The second kappa shape index (κ2) is 3.26. The highest BCUT2D eigenvalue weighted by Crippen LogP contribution is 2.23. The first-order chi connectivity index (χ1) is 5.92. The number of halogens is 1. The molecule has 0 fully saturated rings. The van der Waals surface area contributed by atoms with Gasteiger partial charge in [0, 0.05) is 11.6 Å². The van der Waals surface area contributed by atoms with Crippen molar-refractivity contribution < 1.29 is 3.07 Å². The van der Waals surface area contributed by atoms with Crippen molar-refractivity contribution in [3.63, 3.8) is 0 Å². The van der Waals surface area contributed by atoms with E-state index in [1.165, 1.54) is 0 Å². The molecule has 2 rings (SSSR count). The molecule has 12 heavy (non-hydrogen) atoms. The van der Waals surface area contributed by atoms with E-state index < -0.39 is 0 Å². The molecule has 0 aliphatic heterocycles. The summed E-state index contributed by atoms with van der Waals surface area (Å²) in [4.78, 5) is 4.22. The highest BCUT2D eigenvalue weighted by Gasteiger charge is 1.99. The molecule has 0 saturated carbocycles. The first-order valence-corrected chi connectivity index (χ1v) is 4.42. The molecule has 60 valence electrons. The first-order valence-electron chi connectivity index (χ1n) is 3.54. The molecule has 0 atom stereocenters. The zero-order valence-electron chi connectivity index (χ0n) is 6.20. The lowest BCUT2D eigenvalue weighted by Crippen LogP contribution is -1.81. The van der Waals surface area contributed by atoms with Gasteiger partial charge in [-0.2, -0.15) is 0 Å². The van der Waals surface area contributed by atoms with Gasteiger partial charge in [0.15, 0.2) is 28.8 Å². The summed E-state index contributed by atoms with van der Waals surface area (Å²) in [7, 11) is 0. The molecule has 0 saturated heterocycles. The summed E-state index contributed by atoms with van der Waals surface area (Å²) in [5.41, 5.74) is 0.911. The van der Waals surface area contributed by atoms with E-state index in [2.05, 4.69) is 4.98 Å². The summed E-state index contributed by atoms with van der Waals surface area (Å²) < 4.78 is 5.13. The van der Waals surface area contributed by atoms with Gasteiger partial charge in [0.1, 0.15) is 5.52 Å². The zero-order valence-corrected chi connectivity index (χ0v) is 8.36. The Bertz CT molecular complexity index is 397. The molecule has 1 heterocycles. The first kappa shape index (κ1) is 7.79. The van der Waals surface area contributed by atoms with Gasteiger partial charge in [-0.25, -0.2) is 0 Å². The van der Waals surface area contributed by atoms with Crippen molar-refractivity contribution in [3.8, 4) is 5.75 Å². The van der Waals surface area contributed by atoms with Crippen molar-refractivity contribution in [1.29, 1.82) is 0 Å². The van der Waals surface area contributed by atoms with Crippen LogP contribution in [0.15, 0.2) is 36.5 Å². The average molecular weight is 271 g/mol. The molecule has 0 aliphatic carbocycles. The molecule has 0 radical (unpaired) electrons. The third kappa shape index (κ3) is 1.24. The van der Waals surface area contributed by atoms with E-state index in [-0.39, 0.29) is 0 Å². The average Bonchev–Trinajstić information content (AvgIpc) is 2.17. The van der Waals surface area contributed by atoms with Crippen molar-refractivity contribution in [3.05, 3.63) is 36.5 Å². The number of hydrogen-bond donors (Lipinski definition) is 0. The molecule has 0 spiro atoms. The van der Waals surface area contributed by atoms with Crippen LogP contribution in [-0.4, -0.2) is 4.98 Å². The van der Waals surface area contributed by atoms with Gasteiger partial charge in [-0.3, -0.25) is 4.98 Å². The van der Waals surface area contributed by atoms with Gasteiger partial charge in [0.25, 0.3) is 0 Å². The highest BCUT2D eigenvalue weighted by molar-refractivity contribution is 14.1. The largest absolute Gasteiger partial charge is 0.425 e. The number of aromatic nitrogens is 1. The smallest absolute Gasteiger partial charge is 0.192 e. The molecular formula is C9H6INO. The number of rotatable bonds is 1. The van der Waals surface area contributed by atoms with Crippen molar-refractivity contribution in [1.82, 2.24) is 4.98 Å². The van der Waals surface area contributed by atoms with E-state index in [4.69, 9.17) is 3.07 Å². The van der Waals surface area contributed by atoms with E-state index in [0.717, 1.165) is 16.7 Å². The van der Waals surface area contributed by atoms with Gasteiger partial charge in [0.05, 0.1) is 0 Å². The van der Waals surface area contributed by atoms with E-state index in [9.17, 15) is 0 Å². The minimum Gasteiger partial charge on any atom is -0.425 e. The standard InChI is InChI=1S/C9H6INO/c10-12-8-5-1-3-7-4-2-6-11-9(7)8/h1-6H. The van der Waals surface area contributed by atoms with Crippen LogP contribution >= 0.6 is 23.0 Å². The minimum absolute atomic E-state index is 0.814. The summed E-state index contributed by atoms with van der Waals surface area (Å²) in [5.74, 6) is 0.814. The number of para-hydroxylation sites is 1. The number of hydrogen-bond acceptors (Lipinski definition) is 2. The van der Waals surface area contributed by atoms with Gasteiger partial charge in [0.2, 0.25) is 0 Å². The number of nitrogens with zero attached hydrogens (tertiary/aromatic N) is 1. The number of pyridine rings is 1. The maximum atomic E-state index is 5.13. The topological polar surface area (TPSA) is 22.1 Å². The van der Waals surface area contributed by atoms with Gasteiger partial charge >= 0.3 is 0 Å². The third-order valence-electron chi connectivity index (χ3n) is 1.68. The predicted octanol–water partition coefficient (Wildman–Crippen LogP) is 2.96. The fourth-order valence-electron chi connectivity index (χ4n) is 1.14. The molecule has 1 aromatic carbocycles. The Morgan fingerprint density at radius 1 is 1.17 bits per heavy atom. The van der Waals surface area contributed by atoms with Gasteiger partial charge in [-0.1, -0.05) is 18.2 Å². The molecular weight excluding hydrogens is 265 g/mol. The van der Waals surface area contributed by atoms with Crippen LogP contribution in [0.1, 0.15) is 0 Å². The Kier molecular flexibility index (Phi) is 2.12. The molecule has 2 aromatic rings. The van der Waals surface area contributed by atoms with Crippen LogP contribution < -0.4 is 3.07 Å². The Labute approximate surface area is 84.3 Å². The molecule has 0 bridgehead atoms. The third-order valence-corrected chi connectivity index (χ3v) is 2.15. The fourth-order valence-corrected chi connectivity index (χ4v) is 1.49. The quantitative estimate of drug-likeness (QED) is 0.744. The lowest BCUT2D eigenvalue weighted by Gasteiger charge is -2.00. The summed E-state index contributed by atoms with van der Waals surface area (Å²) >= 11 is 1.86. The van der Waals surface area contributed by atoms with Crippen LogP contribution in [-0.2, 0) is 0 Å². The van der Waals surface area contributed by atoms with E-state index in [0.29, 0.717) is 0 Å².